The Bertz CT molecular complexity index is 787. The lowest BCUT2D eigenvalue weighted by Gasteiger charge is -2.15. The number of aliphatic hydroxyl groups excluding tert-OH is 2. The molecule has 10 nitrogen and oxygen atoms in total. The van der Waals surface area contributed by atoms with Crippen LogP contribution >= 0.6 is 11.8 Å². The van der Waals surface area contributed by atoms with E-state index in [1.807, 2.05) is 0 Å². The zero-order valence-corrected chi connectivity index (χ0v) is 14.7. The second kappa shape index (κ2) is 7.76. The van der Waals surface area contributed by atoms with E-state index in [1.54, 1.807) is 6.20 Å². The second-order valence-corrected chi connectivity index (χ2v) is 7.42. The molecule has 11 heteroatoms. The van der Waals surface area contributed by atoms with Gasteiger partial charge in [0.2, 0.25) is 0 Å². The molecule has 142 valence electrons. The molecule has 1 saturated heterocycles. The monoisotopic (exact) mass is 382 g/mol. The normalized spacial score (nSPS) is 27.0. The molecule has 0 aliphatic carbocycles. The summed E-state index contributed by atoms with van der Waals surface area (Å²) < 4.78 is 0. The first kappa shape index (κ1) is 18.9. The first-order chi connectivity index (χ1) is 12.4. The van der Waals surface area contributed by atoms with Crippen LogP contribution in [-0.4, -0.2) is 72.0 Å². The van der Waals surface area contributed by atoms with Crippen molar-refractivity contribution in [2.75, 3.05) is 17.2 Å². The van der Waals surface area contributed by atoms with Crippen molar-refractivity contribution in [2.24, 2.45) is 5.73 Å². The third-order valence-corrected chi connectivity index (χ3v) is 5.66. The van der Waals surface area contributed by atoms with Gasteiger partial charge in [0.15, 0.2) is 5.82 Å². The summed E-state index contributed by atoms with van der Waals surface area (Å²) in [6.45, 7) is 0. The number of aromatic nitrogens is 3. The van der Waals surface area contributed by atoms with E-state index >= 15 is 0 Å². The minimum Gasteiger partial charge on any atom is -0.480 e. The molecule has 0 radical (unpaired) electrons. The number of carbonyl (C=O) groups is 1. The highest BCUT2D eigenvalue weighted by molar-refractivity contribution is 7.99. The molecule has 5 atom stereocenters. The number of aliphatic carboxylic acids is 1. The molecule has 2 aromatic heterocycles. The molecule has 26 heavy (non-hydrogen) atoms. The van der Waals surface area contributed by atoms with Crippen LogP contribution in [0, 0.1) is 0 Å². The summed E-state index contributed by atoms with van der Waals surface area (Å²) in [5.74, 6) is 0.355. The van der Waals surface area contributed by atoms with Gasteiger partial charge in [-0.3, -0.25) is 4.79 Å². The zero-order valence-electron chi connectivity index (χ0n) is 13.9. The minimum atomic E-state index is -1.03. The van der Waals surface area contributed by atoms with Gasteiger partial charge in [0.1, 0.15) is 24.0 Å². The second-order valence-electron chi connectivity index (χ2n) is 6.27. The van der Waals surface area contributed by atoms with Crippen LogP contribution in [0.2, 0.25) is 0 Å². The summed E-state index contributed by atoms with van der Waals surface area (Å²) in [6, 6.07) is -1.73. The van der Waals surface area contributed by atoms with E-state index in [0.717, 1.165) is 0 Å². The molecule has 1 aliphatic rings. The van der Waals surface area contributed by atoms with Crippen molar-refractivity contribution in [2.45, 2.75) is 36.8 Å². The summed E-state index contributed by atoms with van der Waals surface area (Å²) >= 11 is 1.48. The van der Waals surface area contributed by atoms with Gasteiger partial charge in [-0.2, -0.15) is 11.8 Å². The maximum Gasteiger partial charge on any atom is 0.320 e. The number of nitrogens with zero attached hydrogens (tertiary/aromatic N) is 2. The molecule has 5 unspecified atom stereocenters. The maximum absolute atomic E-state index is 10.7. The van der Waals surface area contributed by atoms with Crippen molar-refractivity contribution in [1.82, 2.24) is 20.3 Å². The number of aliphatic hydroxyl groups is 2. The van der Waals surface area contributed by atoms with Gasteiger partial charge in [-0.25, -0.2) is 9.97 Å². The Kier molecular flexibility index (Phi) is 5.63. The van der Waals surface area contributed by atoms with Gasteiger partial charge in [0, 0.05) is 23.6 Å². The average Bonchev–Trinajstić information content (AvgIpc) is 3.15. The Morgan fingerprint density at radius 1 is 1.35 bits per heavy atom. The SMILES string of the molecule is Nc1ncnc2c(C3NC(CSCCC(N)C(=O)O)C(O)C3O)c[nH]c12. The average molecular weight is 382 g/mol. The lowest BCUT2D eigenvalue weighted by Crippen LogP contribution is -2.35. The fourth-order valence-electron chi connectivity index (χ4n) is 3.04. The number of nitrogens with one attached hydrogen (secondary N) is 2. The summed E-state index contributed by atoms with van der Waals surface area (Å²) in [5, 5.41) is 32.8. The van der Waals surface area contributed by atoms with E-state index in [1.165, 1.54) is 18.1 Å². The molecule has 1 fully saturated rings. The number of anilines is 1. The van der Waals surface area contributed by atoms with Crippen LogP contribution in [0.25, 0.3) is 11.0 Å². The van der Waals surface area contributed by atoms with Crippen LogP contribution in [0.4, 0.5) is 5.82 Å². The third-order valence-electron chi connectivity index (χ3n) is 4.54. The molecular weight excluding hydrogens is 360 g/mol. The third kappa shape index (κ3) is 3.62. The number of aromatic amines is 1. The topological polar surface area (TPSA) is 183 Å². The number of hydrogen-bond donors (Lipinski definition) is 7. The lowest BCUT2D eigenvalue weighted by atomic mass is 10.0. The molecule has 0 spiro atoms. The molecule has 9 N–H and O–H groups in total. The number of nitrogen functional groups attached to an aromatic ring is 1. The Morgan fingerprint density at radius 3 is 2.85 bits per heavy atom. The smallest absolute Gasteiger partial charge is 0.320 e. The van der Waals surface area contributed by atoms with Gasteiger partial charge in [0.05, 0.1) is 17.7 Å². The number of fused-ring (bicyclic) bond motifs is 1. The highest BCUT2D eigenvalue weighted by Gasteiger charge is 2.42. The van der Waals surface area contributed by atoms with Crippen molar-refractivity contribution >= 4 is 34.6 Å². The quantitative estimate of drug-likeness (QED) is 0.287. The fraction of sp³-hybridized carbons (Fsp3) is 0.533. The summed E-state index contributed by atoms with van der Waals surface area (Å²) in [7, 11) is 0. The van der Waals surface area contributed by atoms with E-state index < -0.39 is 30.3 Å². The van der Waals surface area contributed by atoms with Crippen LogP contribution in [0.1, 0.15) is 18.0 Å². The fourth-order valence-corrected chi connectivity index (χ4v) is 4.18. The molecule has 0 amide bonds. The number of hydrogen-bond acceptors (Lipinski definition) is 9. The van der Waals surface area contributed by atoms with E-state index in [-0.39, 0.29) is 6.04 Å². The van der Waals surface area contributed by atoms with Gasteiger partial charge in [-0.1, -0.05) is 0 Å². The van der Waals surface area contributed by atoms with Crippen LogP contribution in [-0.2, 0) is 4.79 Å². The molecule has 1 aliphatic heterocycles. The van der Waals surface area contributed by atoms with Gasteiger partial charge in [-0.05, 0) is 12.2 Å². The Morgan fingerprint density at radius 2 is 2.12 bits per heavy atom. The first-order valence-corrected chi connectivity index (χ1v) is 9.31. The van der Waals surface area contributed by atoms with Crippen LogP contribution in [0.5, 0.6) is 0 Å². The Labute approximate surface area is 153 Å². The van der Waals surface area contributed by atoms with E-state index in [2.05, 4.69) is 20.3 Å². The summed E-state index contributed by atoms with van der Waals surface area (Å²) in [5.41, 5.74) is 13.2. The largest absolute Gasteiger partial charge is 0.480 e. The van der Waals surface area contributed by atoms with Gasteiger partial charge in [0.25, 0.3) is 0 Å². The van der Waals surface area contributed by atoms with Crippen LogP contribution < -0.4 is 16.8 Å². The standard InChI is InChI=1S/C15H22N6O4S/c16-7(15(24)25)1-2-26-4-8-12(22)13(23)10(21-8)6-3-18-11-9(6)19-5-20-14(11)17/h3,5,7-8,10,12-13,18,21-23H,1-2,4,16H2,(H,24,25)(H2,17,19,20). The maximum atomic E-state index is 10.7. The van der Waals surface area contributed by atoms with Gasteiger partial charge >= 0.3 is 5.97 Å². The molecule has 3 rings (SSSR count). The van der Waals surface area contributed by atoms with Crippen LogP contribution in [0.3, 0.4) is 0 Å². The molecule has 0 aromatic carbocycles. The van der Waals surface area contributed by atoms with Crippen molar-refractivity contribution in [1.29, 1.82) is 0 Å². The number of rotatable bonds is 7. The van der Waals surface area contributed by atoms with Crippen molar-refractivity contribution < 1.29 is 20.1 Å². The van der Waals surface area contributed by atoms with Gasteiger partial charge < -0.3 is 37.1 Å². The number of nitrogens with two attached hydrogens (primary N) is 2. The minimum absolute atomic E-state index is 0.316. The lowest BCUT2D eigenvalue weighted by molar-refractivity contribution is -0.138. The van der Waals surface area contributed by atoms with E-state index in [9.17, 15) is 15.0 Å². The number of thioether (sulfide) groups is 1. The molecule has 0 saturated carbocycles. The molecule has 2 aromatic rings. The summed E-state index contributed by atoms with van der Waals surface area (Å²) in [4.78, 5) is 21.8. The molecule has 3 heterocycles. The predicted octanol–water partition coefficient (Wildman–Crippen LogP) is -1.19. The number of carboxylic acids is 1. The van der Waals surface area contributed by atoms with Crippen molar-refractivity contribution in [3.8, 4) is 0 Å². The highest BCUT2D eigenvalue weighted by atomic mass is 32.2. The van der Waals surface area contributed by atoms with E-state index in [0.29, 0.717) is 40.3 Å². The summed E-state index contributed by atoms with van der Waals surface area (Å²) in [6.07, 6.45) is 1.44. The molecule has 0 bridgehead atoms. The number of H-pyrrole nitrogens is 1. The highest BCUT2D eigenvalue weighted by Crippen LogP contribution is 2.33. The number of carboxylic acid groups (broad SMARTS) is 1. The van der Waals surface area contributed by atoms with Crippen LogP contribution in [0.15, 0.2) is 12.5 Å². The Balaban J connectivity index is 1.64. The van der Waals surface area contributed by atoms with E-state index in [4.69, 9.17) is 16.6 Å². The Hall–Kier alpha value is -1.92. The predicted molar refractivity (Wildman–Crippen MR) is 97.5 cm³/mol. The van der Waals surface area contributed by atoms with Gasteiger partial charge in [-0.15, -0.1) is 0 Å². The molecular formula is C15H22N6O4S. The van der Waals surface area contributed by atoms with Crippen molar-refractivity contribution in [3.05, 3.63) is 18.1 Å². The zero-order chi connectivity index (χ0) is 18.8. The first-order valence-electron chi connectivity index (χ1n) is 8.16. The van der Waals surface area contributed by atoms with Crippen molar-refractivity contribution in [3.63, 3.8) is 0 Å².